The Labute approximate surface area is 73.8 Å². The van der Waals surface area contributed by atoms with E-state index in [1.165, 1.54) is 0 Å². The van der Waals surface area contributed by atoms with E-state index >= 15 is 0 Å². The Balaban J connectivity index is 2.74. The molecule has 0 amide bonds. The monoisotopic (exact) mass is 192 g/mol. The molecule has 4 nitrogen and oxygen atoms in total. The summed E-state index contributed by atoms with van der Waals surface area (Å²) in [6.45, 7) is 2.76. The van der Waals surface area contributed by atoms with E-state index in [1.807, 2.05) is 0 Å². The van der Waals surface area contributed by atoms with Crippen LogP contribution in [0, 0.1) is 0 Å². The minimum atomic E-state index is -3.01. The molecular formula is C7H16N2O2S. The van der Waals surface area contributed by atoms with Crippen LogP contribution in [-0.4, -0.2) is 37.6 Å². The number of hydrogen-bond acceptors (Lipinski definition) is 3. The highest BCUT2D eigenvalue weighted by Gasteiger charge is 2.31. The van der Waals surface area contributed by atoms with Crippen molar-refractivity contribution in [3.05, 3.63) is 0 Å². The van der Waals surface area contributed by atoms with Crippen LogP contribution in [0.15, 0.2) is 0 Å². The summed E-state index contributed by atoms with van der Waals surface area (Å²) in [5.74, 6) is 0.184. The number of nitrogens with zero attached hydrogens (tertiary/aromatic N) is 1. The quantitative estimate of drug-likeness (QED) is 0.671. The lowest BCUT2D eigenvalue weighted by molar-refractivity contribution is 0.394. The molecule has 0 spiro atoms. The van der Waals surface area contributed by atoms with Gasteiger partial charge in [-0.05, 0) is 19.8 Å². The van der Waals surface area contributed by atoms with Crippen molar-refractivity contribution in [1.29, 1.82) is 0 Å². The molecule has 2 N–H and O–H groups in total. The second-order valence-electron chi connectivity index (χ2n) is 3.04. The molecule has 0 bridgehead atoms. The molecule has 1 saturated heterocycles. The maximum absolute atomic E-state index is 11.4. The third-order valence-electron chi connectivity index (χ3n) is 2.32. The Hall–Kier alpha value is -0.130. The molecule has 5 heteroatoms. The van der Waals surface area contributed by atoms with Crippen molar-refractivity contribution in [1.82, 2.24) is 4.31 Å². The molecule has 0 radical (unpaired) electrons. The Morgan fingerprint density at radius 1 is 1.58 bits per heavy atom. The molecular weight excluding hydrogens is 176 g/mol. The summed E-state index contributed by atoms with van der Waals surface area (Å²) in [6, 6.07) is 0.0509. The summed E-state index contributed by atoms with van der Waals surface area (Å²) in [5, 5.41) is 0. The zero-order chi connectivity index (χ0) is 9.19. The average molecular weight is 192 g/mol. The molecule has 1 atom stereocenters. The van der Waals surface area contributed by atoms with Crippen LogP contribution in [0.2, 0.25) is 0 Å². The zero-order valence-electron chi connectivity index (χ0n) is 7.36. The molecule has 0 saturated carbocycles. The van der Waals surface area contributed by atoms with Crippen LogP contribution >= 0.6 is 0 Å². The summed E-state index contributed by atoms with van der Waals surface area (Å²) in [4.78, 5) is 0. The summed E-state index contributed by atoms with van der Waals surface area (Å²) in [5.41, 5.74) is 5.47. The molecule has 0 aromatic rings. The van der Waals surface area contributed by atoms with Gasteiger partial charge in [-0.25, -0.2) is 8.42 Å². The van der Waals surface area contributed by atoms with Gasteiger partial charge in [0.1, 0.15) is 0 Å². The summed E-state index contributed by atoms with van der Waals surface area (Å²) < 4.78 is 24.4. The normalized spacial score (nSPS) is 26.3. The molecule has 1 fully saturated rings. The molecule has 12 heavy (non-hydrogen) atoms. The third kappa shape index (κ3) is 1.78. The van der Waals surface area contributed by atoms with Crippen molar-refractivity contribution in [3.8, 4) is 0 Å². The van der Waals surface area contributed by atoms with E-state index < -0.39 is 10.0 Å². The number of nitrogens with two attached hydrogens (primary N) is 1. The van der Waals surface area contributed by atoms with E-state index in [0.717, 1.165) is 12.8 Å². The van der Waals surface area contributed by atoms with Gasteiger partial charge in [0.25, 0.3) is 0 Å². The summed E-state index contributed by atoms with van der Waals surface area (Å²) in [6.07, 6.45) is 1.86. The summed E-state index contributed by atoms with van der Waals surface area (Å²) >= 11 is 0. The Bertz CT molecular complexity index is 238. The van der Waals surface area contributed by atoms with E-state index in [9.17, 15) is 8.42 Å². The second-order valence-corrected chi connectivity index (χ2v) is 5.25. The molecule has 72 valence electrons. The molecule has 1 rings (SSSR count). The maximum Gasteiger partial charge on any atom is 0.214 e. The van der Waals surface area contributed by atoms with E-state index in [1.54, 1.807) is 11.2 Å². The second kappa shape index (κ2) is 3.72. The van der Waals surface area contributed by atoms with Crippen molar-refractivity contribution in [2.75, 3.05) is 18.8 Å². The fourth-order valence-corrected chi connectivity index (χ4v) is 2.96. The van der Waals surface area contributed by atoms with Crippen molar-refractivity contribution in [2.45, 2.75) is 25.8 Å². The lowest BCUT2D eigenvalue weighted by Crippen LogP contribution is -2.40. The Morgan fingerprint density at radius 3 is 2.75 bits per heavy atom. The Morgan fingerprint density at radius 2 is 2.25 bits per heavy atom. The Kier molecular flexibility index (Phi) is 3.09. The first-order valence-electron chi connectivity index (χ1n) is 4.31. The van der Waals surface area contributed by atoms with Gasteiger partial charge in [0.05, 0.1) is 5.75 Å². The van der Waals surface area contributed by atoms with Crippen molar-refractivity contribution in [3.63, 3.8) is 0 Å². The van der Waals surface area contributed by atoms with E-state index in [2.05, 4.69) is 0 Å². The van der Waals surface area contributed by atoms with Gasteiger partial charge in [-0.3, -0.25) is 0 Å². The van der Waals surface area contributed by atoms with Crippen LogP contribution in [0.25, 0.3) is 0 Å². The van der Waals surface area contributed by atoms with Gasteiger partial charge in [0, 0.05) is 19.1 Å². The van der Waals surface area contributed by atoms with Crippen LogP contribution in [-0.2, 0) is 10.0 Å². The van der Waals surface area contributed by atoms with Gasteiger partial charge in [-0.2, -0.15) is 4.31 Å². The molecule has 0 unspecified atom stereocenters. The highest BCUT2D eigenvalue weighted by atomic mass is 32.2. The van der Waals surface area contributed by atoms with E-state index in [0.29, 0.717) is 13.1 Å². The predicted octanol–water partition coefficient (Wildman–Crippen LogP) is -0.241. The third-order valence-corrected chi connectivity index (χ3v) is 4.24. The van der Waals surface area contributed by atoms with Gasteiger partial charge in [0.15, 0.2) is 0 Å². The van der Waals surface area contributed by atoms with Crippen LogP contribution in [0.4, 0.5) is 0 Å². The lowest BCUT2D eigenvalue weighted by atomic mass is 10.2. The topological polar surface area (TPSA) is 63.4 Å². The van der Waals surface area contributed by atoms with Crippen LogP contribution in [0.1, 0.15) is 19.8 Å². The number of sulfonamides is 1. The fraction of sp³-hybridized carbons (Fsp3) is 1.00. The first-order chi connectivity index (χ1) is 5.61. The van der Waals surface area contributed by atoms with Gasteiger partial charge in [-0.1, -0.05) is 0 Å². The maximum atomic E-state index is 11.4. The van der Waals surface area contributed by atoms with Crippen LogP contribution in [0.3, 0.4) is 0 Å². The van der Waals surface area contributed by atoms with E-state index in [-0.39, 0.29) is 11.8 Å². The van der Waals surface area contributed by atoms with Gasteiger partial charge >= 0.3 is 0 Å². The fourth-order valence-electron chi connectivity index (χ4n) is 1.58. The van der Waals surface area contributed by atoms with Gasteiger partial charge < -0.3 is 5.73 Å². The molecule has 1 heterocycles. The average Bonchev–Trinajstić information content (AvgIpc) is 2.52. The number of rotatable bonds is 3. The molecule has 0 aliphatic carbocycles. The zero-order valence-corrected chi connectivity index (χ0v) is 8.18. The summed E-state index contributed by atoms with van der Waals surface area (Å²) in [7, 11) is -3.01. The molecule has 0 aromatic carbocycles. The smallest absolute Gasteiger partial charge is 0.214 e. The molecule has 1 aliphatic rings. The first-order valence-corrected chi connectivity index (χ1v) is 5.92. The molecule has 0 aromatic heterocycles. The minimum Gasteiger partial charge on any atom is -0.329 e. The highest BCUT2D eigenvalue weighted by Crippen LogP contribution is 2.19. The lowest BCUT2D eigenvalue weighted by Gasteiger charge is -2.21. The van der Waals surface area contributed by atoms with Gasteiger partial charge in [-0.15, -0.1) is 0 Å². The van der Waals surface area contributed by atoms with E-state index in [4.69, 9.17) is 5.73 Å². The number of hydrogen-bond donors (Lipinski definition) is 1. The predicted molar refractivity (Wildman–Crippen MR) is 48.2 cm³/mol. The highest BCUT2D eigenvalue weighted by molar-refractivity contribution is 7.89. The van der Waals surface area contributed by atoms with Crippen molar-refractivity contribution in [2.24, 2.45) is 5.73 Å². The van der Waals surface area contributed by atoms with Crippen molar-refractivity contribution >= 4 is 10.0 Å². The van der Waals surface area contributed by atoms with Crippen molar-refractivity contribution < 1.29 is 8.42 Å². The minimum absolute atomic E-state index is 0.0509. The van der Waals surface area contributed by atoms with Crippen LogP contribution in [0.5, 0.6) is 0 Å². The van der Waals surface area contributed by atoms with Gasteiger partial charge in [0.2, 0.25) is 10.0 Å². The largest absolute Gasteiger partial charge is 0.329 e. The molecule has 1 aliphatic heterocycles. The SMILES string of the molecule is CCS(=O)(=O)N1CCC[C@@H]1CN. The standard InChI is InChI=1S/C7H16N2O2S/c1-2-12(10,11)9-5-3-4-7(9)6-8/h7H,2-6,8H2,1H3/t7-/m1/s1. The first kappa shape index (κ1) is 9.95. The van der Waals surface area contributed by atoms with Crippen LogP contribution < -0.4 is 5.73 Å².